The summed E-state index contributed by atoms with van der Waals surface area (Å²) >= 11 is 8.08. The Hall–Kier alpha value is -2.95. The average Bonchev–Trinajstić information content (AvgIpc) is 3.16. The minimum absolute atomic E-state index is 0.202. The zero-order valence-electron chi connectivity index (χ0n) is 16.7. The summed E-state index contributed by atoms with van der Waals surface area (Å²) in [4.78, 5) is 16.9. The molecule has 3 nitrogen and oxygen atoms in total. The van der Waals surface area contributed by atoms with Crippen molar-refractivity contribution in [1.29, 1.82) is 0 Å². The molecule has 0 fully saturated rings. The van der Waals surface area contributed by atoms with Gasteiger partial charge in [-0.3, -0.25) is 4.79 Å². The molecule has 1 amide bonds. The molecule has 0 aliphatic carbocycles. The molecular formula is C25H21ClN2OS. The van der Waals surface area contributed by atoms with Crippen molar-refractivity contribution in [3.05, 3.63) is 89.0 Å². The lowest BCUT2D eigenvalue weighted by Crippen LogP contribution is -2.07. The summed E-state index contributed by atoms with van der Waals surface area (Å²) in [6, 6.07) is 21.7. The topological polar surface area (TPSA) is 42.0 Å². The van der Waals surface area contributed by atoms with Gasteiger partial charge in [-0.05, 0) is 53.5 Å². The second kappa shape index (κ2) is 8.82. The van der Waals surface area contributed by atoms with Crippen molar-refractivity contribution in [1.82, 2.24) is 4.98 Å². The molecule has 150 valence electrons. The molecule has 0 saturated heterocycles. The predicted molar refractivity (Wildman–Crippen MR) is 128 cm³/mol. The number of fused-ring (bicyclic) bond motifs is 1. The minimum atomic E-state index is -0.202. The van der Waals surface area contributed by atoms with Gasteiger partial charge in [0.2, 0.25) is 5.91 Å². The van der Waals surface area contributed by atoms with Gasteiger partial charge < -0.3 is 5.32 Å². The van der Waals surface area contributed by atoms with Crippen molar-refractivity contribution >= 4 is 50.8 Å². The van der Waals surface area contributed by atoms with E-state index in [4.69, 9.17) is 11.6 Å². The van der Waals surface area contributed by atoms with Gasteiger partial charge in [-0.15, -0.1) is 11.3 Å². The molecule has 4 aromatic rings. The van der Waals surface area contributed by atoms with Gasteiger partial charge in [0.15, 0.2) is 0 Å². The number of aromatic nitrogens is 1. The Labute approximate surface area is 185 Å². The van der Waals surface area contributed by atoms with Crippen LogP contribution in [0.5, 0.6) is 0 Å². The van der Waals surface area contributed by atoms with Crippen molar-refractivity contribution in [3.63, 3.8) is 0 Å². The van der Waals surface area contributed by atoms with Crippen LogP contribution in [0.2, 0.25) is 5.02 Å². The molecule has 30 heavy (non-hydrogen) atoms. The smallest absolute Gasteiger partial charge is 0.248 e. The molecule has 0 atom stereocenters. The number of halogens is 1. The van der Waals surface area contributed by atoms with Crippen LogP contribution in [0.3, 0.4) is 0 Å². The molecule has 0 radical (unpaired) electrons. The highest BCUT2D eigenvalue weighted by atomic mass is 35.5. The monoisotopic (exact) mass is 432 g/mol. The summed E-state index contributed by atoms with van der Waals surface area (Å²) in [6.45, 7) is 4.32. The van der Waals surface area contributed by atoms with Gasteiger partial charge in [-0.1, -0.05) is 61.8 Å². The first-order chi connectivity index (χ1) is 14.5. The highest BCUT2D eigenvalue weighted by Gasteiger charge is 2.11. The Balaban J connectivity index is 1.45. The fourth-order valence-corrected chi connectivity index (χ4v) is 4.43. The summed E-state index contributed by atoms with van der Waals surface area (Å²) in [7, 11) is 0. The van der Waals surface area contributed by atoms with Crippen LogP contribution in [-0.2, 0) is 4.79 Å². The summed E-state index contributed by atoms with van der Waals surface area (Å²) in [5.74, 6) is 0.286. The van der Waals surface area contributed by atoms with E-state index in [-0.39, 0.29) is 5.91 Å². The first kappa shape index (κ1) is 20.3. The number of carbonyl (C=O) groups excluding carboxylic acids is 1. The molecule has 0 spiro atoms. The third-order valence-corrected chi connectivity index (χ3v) is 6.17. The van der Waals surface area contributed by atoms with E-state index in [1.54, 1.807) is 23.5 Å². The zero-order chi connectivity index (χ0) is 21.1. The van der Waals surface area contributed by atoms with Crippen LogP contribution in [0.25, 0.3) is 26.9 Å². The Bertz CT molecular complexity index is 1190. The molecule has 1 heterocycles. The van der Waals surface area contributed by atoms with Crippen LogP contribution >= 0.6 is 22.9 Å². The second-order valence-corrected chi connectivity index (χ2v) is 8.76. The van der Waals surface area contributed by atoms with Crippen LogP contribution in [0.15, 0.2) is 72.8 Å². The van der Waals surface area contributed by atoms with Crippen molar-refractivity contribution in [2.75, 3.05) is 5.32 Å². The van der Waals surface area contributed by atoms with Crippen molar-refractivity contribution in [2.45, 2.75) is 19.8 Å². The summed E-state index contributed by atoms with van der Waals surface area (Å²) < 4.78 is 1.12. The molecule has 0 unspecified atom stereocenters. The van der Waals surface area contributed by atoms with E-state index in [9.17, 15) is 4.79 Å². The Kier molecular flexibility index (Phi) is 5.98. The number of amides is 1. The maximum atomic E-state index is 12.3. The first-order valence-corrected chi connectivity index (χ1v) is 10.9. The number of benzene rings is 3. The number of carbonyl (C=O) groups is 1. The van der Waals surface area contributed by atoms with Crippen molar-refractivity contribution < 1.29 is 4.79 Å². The summed E-state index contributed by atoms with van der Waals surface area (Å²) in [6.07, 6.45) is 3.33. The number of hydrogen-bond donors (Lipinski definition) is 1. The molecule has 3 aromatic carbocycles. The van der Waals surface area contributed by atoms with E-state index in [1.165, 1.54) is 11.6 Å². The SMILES string of the molecule is CC(C)c1ccc(/C=C/C(=O)Nc2ccc(-c3nc4ccccc4s3)c(Cl)c2)cc1. The van der Waals surface area contributed by atoms with E-state index >= 15 is 0 Å². The average molecular weight is 433 g/mol. The van der Waals surface area contributed by atoms with E-state index in [1.807, 2.05) is 48.5 Å². The Morgan fingerprint density at radius 1 is 1.07 bits per heavy atom. The zero-order valence-corrected chi connectivity index (χ0v) is 18.3. The molecule has 0 aliphatic heterocycles. The van der Waals surface area contributed by atoms with Gasteiger partial charge in [-0.25, -0.2) is 4.98 Å². The number of nitrogens with zero attached hydrogens (tertiary/aromatic N) is 1. The Morgan fingerprint density at radius 2 is 1.83 bits per heavy atom. The number of nitrogens with one attached hydrogen (secondary N) is 1. The van der Waals surface area contributed by atoms with Gasteiger partial charge in [0.05, 0.1) is 15.2 Å². The van der Waals surface area contributed by atoms with Crippen LogP contribution in [-0.4, -0.2) is 10.9 Å². The maximum absolute atomic E-state index is 12.3. The van der Waals surface area contributed by atoms with Gasteiger partial charge in [0, 0.05) is 17.3 Å². The largest absolute Gasteiger partial charge is 0.322 e. The molecule has 0 aliphatic rings. The molecule has 0 saturated carbocycles. The summed E-state index contributed by atoms with van der Waals surface area (Å²) in [5, 5.41) is 4.28. The molecule has 1 aromatic heterocycles. The lowest BCUT2D eigenvalue weighted by molar-refractivity contribution is -0.111. The van der Waals surface area contributed by atoms with Gasteiger partial charge in [0.1, 0.15) is 5.01 Å². The van der Waals surface area contributed by atoms with Crippen LogP contribution in [0, 0.1) is 0 Å². The molecule has 5 heteroatoms. The Morgan fingerprint density at radius 3 is 2.53 bits per heavy atom. The van der Waals surface area contributed by atoms with Crippen molar-refractivity contribution in [2.24, 2.45) is 0 Å². The van der Waals surface area contributed by atoms with Gasteiger partial charge >= 0.3 is 0 Å². The van der Waals surface area contributed by atoms with Gasteiger partial charge in [0.25, 0.3) is 0 Å². The number of hydrogen-bond acceptors (Lipinski definition) is 3. The third kappa shape index (κ3) is 4.61. The molecular weight excluding hydrogens is 412 g/mol. The molecule has 1 N–H and O–H groups in total. The van der Waals surface area contributed by atoms with Gasteiger partial charge in [-0.2, -0.15) is 0 Å². The third-order valence-electron chi connectivity index (χ3n) is 4.79. The van der Waals surface area contributed by atoms with Crippen LogP contribution < -0.4 is 5.32 Å². The number of anilines is 1. The highest BCUT2D eigenvalue weighted by Crippen LogP contribution is 2.35. The number of thiazole rings is 1. The molecule has 4 rings (SSSR count). The maximum Gasteiger partial charge on any atom is 0.248 e. The van der Waals surface area contributed by atoms with E-state index in [0.717, 1.165) is 26.4 Å². The first-order valence-electron chi connectivity index (χ1n) is 9.74. The van der Waals surface area contributed by atoms with E-state index in [0.29, 0.717) is 16.6 Å². The number of rotatable bonds is 5. The fraction of sp³-hybridized carbons (Fsp3) is 0.120. The predicted octanol–water partition coefficient (Wildman–Crippen LogP) is 7.39. The minimum Gasteiger partial charge on any atom is -0.322 e. The van der Waals surface area contributed by atoms with Crippen LogP contribution in [0.1, 0.15) is 30.9 Å². The lowest BCUT2D eigenvalue weighted by Gasteiger charge is -2.06. The normalized spacial score (nSPS) is 11.5. The summed E-state index contributed by atoms with van der Waals surface area (Å²) in [5.41, 5.74) is 4.72. The number of para-hydroxylation sites is 1. The molecule has 0 bridgehead atoms. The lowest BCUT2D eigenvalue weighted by atomic mass is 10.0. The van der Waals surface area contributed by atoms with Crippen LogP contribution in [0.4, 0.5) is 5.69 Å². The quantitative estimate of drug-likeness (QED) is 0.334. The second-order valence-electron chi connectivity index (χ2n) is 7.33. The van der Waals surface area contributed by atoms with E-state index < -0.39 is 0 Å². The standard InChI is InChI=1S/C25H21ClN2OS/c1-16(2)18-10-7-17(8-11-18)9-14-24(29)27-19-12-13-20(21(26)15-19)25-28-22-5-3-4-6-23(22)30-25/h3-16H,1-2H3,(H,27,29)/b14-9+. The van der Waals surface area contributed by atoms with E-state index in [2.05, 4.69) is 36.3 Å². The van der Waals surface area contributed by atoms with Crippen molar-refractivity contribution in [3.8, 4) is 10.6 Å². The fourth-order valence-electron chi connectivity index (χ4n) is 3.10. The highest BCUT2D eigenvalue weighted by molar-refractivity contribution is 7.21.